The molecule has 16 nitrogen and oxygen atoms in total. The zero-order valence-corrected chi connectivity index (χ0v) is 40.0. The largest absolute Gasteiger partial charge is 0.495 e. The number of ether oxygens (including phenoxy) is 1. The number of carbonyl (C=O) groups excluding carboxylic acids is 4. The standard InChI is InChI=1S/C46H56F4N10O6S2/c1-27-36(67-26-54-27)29-9-7-28(8-10-29)23-52-39(62)34-22-31(61)25-60(34)41(64)37(56-42(65)45(47)13-14-45)44(2,3)68-20-6-15-58-16-18-59(19-17-58)40(63)30-11-12-33(35(21-30)66-5)55-43-53-24-32(46(48,49)50)38(51-4)57-43/h7-12,21,24,26,31,34,37,61H,6,13-20,22-23,25H2,1-5H3,(H,52,62)(H,56,65)(H2,51,53,55,57)/t31-,34+,37?/m1/s1. The number of hydrogen-bond acceptors (Lipinski definition) is 14. The molecule has 3 aliphatic rings. The highest BCUT2D eigenvalue weighted by Crippen LogP contribution is 2.41. The number of hydrogen-bond donors (Lipinski definition) is 5. The van der Waals surface area contributed by atoms with E-state index in [9.17, 15) is 37.5 Å². The average Bonchev–Trinajstić information content (AvgIpc) is 3.73. The second-order valence-electron chi connectivity index (χ2n) is 17.6. The van der Waals surface area contributed by atoms with E-state index in [1.54, 1.807) is 39.9 Å². The van der Waals surface area contributed by atoms with Crippen molar-refractivity contribution in [3.8, 4) is 16.2 Å². The van der Waals surface area contributed by atoms with Gasteiger partial charge in [0.15, 0.2) is 5.67 Å². The molecule has 366 valence electrons. The first kappa shape index (κ1) is 50.3. The number of piperazine rings is 1. The average molecular weight is 985 g/mol. The van der Waals surface area contributed by atoms with E-state index in [4.69, 9.17) is 4.74 Å². The van der Waals surface area contributed by atoms with Crippen LogP contribution in [-0.4, -0.2) is 146 Å². The first-order chi connectivity index (χ1) is 32.3. The molecule has 0 spiro atoms. The Balaban J connectivity index is 0.909. The number of anilines is 3. The maximum atomic E-state index is 15.1. The van der Waals surface area contributed by atoms with Crippen molar-refractivity contribution in [2.45, 2.75) is 87.8 Å². The Labute approximate surface area is 400 Å². The molecule has 22 heteroatoms. The number of nitrogens with zero attached hydrogens (tertiary/aromatic N) is 6. The van der Waals surface area contributed by atoms with Crippen LogP contribution in [0.3, 0.4) is 0 Å². The van der Waals surface area contributed by atoms with Gasteiger partial charge in [-0.05, 0) is 81.7 Å². The topological polar surface area (TPSA) is 194 Å². The first-order valence-corrected chi connectivity index (χ1v) is 24.1. The zero-order valence-electron chi connectivity index (χ0n) is 38.4. The molecule has 0 radical (unpaired) electrons. The summed E-state index contributed by atoms with van der Waals surface area (Å²) < 4.78 is 59.6. The summed E-state index contributed by atoms with van der Waals surface area (Å²) in [6.45, 7) is 8.44. The molecule has 68 heavy (non-hydrogen) atoms. The molecule has 2 aromatic carbocycles. The van der Waals surface area contributed by atoms with E-state index in [-0.39, 0.29) is 50.0 Å². The second-order valence-corrected chi connectivity index (χ2v) is 20.2. The Bertz CT molecular complexity index is 2460. The minimum Gasteiger partial charge on any atom is -0.495 e. The van der Waals surface area contributed by atoms with Crippen LogP contribution in [0.1, 0.15) is 66.7 Å². The van der Waals surface area contributed by atoms with Gasteiger partial charge in [-0.2, -0.15) is 29.9 Å². The number of aryl methyl sites for hydroxylation is 1. The van der Waals surface area contributed by atoms with Crippen molar-refractivity contribution in [3.05, 3.63) is 76.6 Å². The van der Waals surface area contributed by atoms with Crippen LogP contribution < -0.4 is 26.0 Å². The highest BCUT2D eigenvalue weighted by molar-refractivity contribution is 8.00. The fourth-order valence-corrected chi connectivity index (χ4v) is 10.2. The number of β-amino-alcohol motifs (C(OH)–C–C–N with tert-alkyl or cyclic N) is 1. The number of aromatic nitrogens is 3. The number of likely N-dealkylation sites (tertiary alicyclic amines) is 1. The van der Waals surface area contributed by atoms with E-state index < -0.39 is 63.9 Å². The molecule has 3 fully saturated rings. The first-order valence-electron chi connectivity index (χ1n) is 22.3. The normalized spacial score (nSPS) is 18.7. The maximum Gasteiger partial charge on any atom is 0.421 e. The lowest BCUT2D eigenvalue weighted by atomic mass is 10.00. The predicted octanol–water partition coefficient (Wildman–Crippen LogP) is 5.65. The van der Waals surface area contributed by atoms with Gasteiger partial charge < -0.3 is 40.9 Å². The summed E-state index contributed by atoms with van der Waals surface area (Å²) in [5, 5.41) is 21.6. The number of nitrogens with one attached hydrogen (secondary N) is 4. The summed E-state index contributed by atoms with van der Waals surface area (Å²) in [6.07, 6.45) is -4.09. The second kappa shape index (κ2) is 21.0. The molecule has 1 aliphatic carbocycles. The molecule has 3 atom stereocenters. The fraction of sp³-hybridized carbons (Fsp3) is 0.500. The highest BCUT2D eigenvalue weighted by atomic mass is 32.2. The third-order valence-corrected chi connectivity index (χ3v) is 14.8. The molecular weight excluding hydrogens is 929 g/mol. The van der Waals surface area contributed by atoms with Crippen molar-refractivity contribution < 1.29 is 46.6 Å². The van der Waals surface area contributed by atoms with Gasteiger partial charge in [0.05, 0.1) is 35.0 Å². The van der Waals surface area contributed by atoms with E-state index in [0.29, 0.717) is 62.3 Å². The molecule has 2 saturated heterocycles. The highest BCUT2D eigenvalue weighted by Gasteiger charge is 2.54. The third kappa shape index (κ3) is 11.8. The Morgan fingerprint density at radius 2 is 1.76 bits per heavy atom. The van der Waals surface area contributed by atoms with Crippen LogP contribution in [-0.2, 0) is 27.1 Å². The number of alkyl halides is 4. The van der Waals surface area contributed by atoms with Crippen molar-refractivity contribution in [2.75, 3.05) is 69.8 Å². The van der Waals surface area contributed by atoms with E-state index >= 15 is 4.39 Å². The molecule has 1 saturated carbocycles. The van der Waals surface area contributed by atoms with Crippen LogP contribution >= 0.6 is 23.1 Å². The number of halogens is 4. The number of rotatable bonds is 18. The number of aliphatic hydroxyl groups is 1. The number of aliphatic hydroxyl groups excluding tert-OH is 1. The monoisotopic (exact) mass is 984 g/mol. The smallest absolute Gasteiger partial charge is 0.421 e. The summed E-state index contributed by atoms with van der Waals surface area (Å²) >= 11 is 3.00. The lowest BCUT2D eigenvalue weighted by Gasteiger charge is -2.38. The Kier molecular flexibility index (Phi) is 15.5. The van der Waals surface area contributed by atoms with Crippen molar-refractivity contribution in [3.63, 3.8) is 0 Å². The van der Waals surface area contributed by atoms with Crippen molar-refractivity contribution >= 4 is 64.2 Å². The molecular formula is C46H56F4N10O6S2. The molecule has 2 aliphatic heterocycles. The van der Waals surface area contributed by atoms with Crippen LogP contribution in [0.15, 0.2) is 54.2 Å². The number of amides is 4. The van der Waals surface area contributed by atoms with E-state index in [1.807, 2.05) is 45.0 Å². The summed E-state index contributed by atoms with van der Waals surface area (Å²) in [7, 11) is 2.73. The number of methoxy groups -OCH3 is 1. The van der Waals surface area contributed by atoms with E-state index in [0.717, 1.165) is 21.7 Å². The number of thiazole rings is 1. The number of benzene rings is 2. The lowest BCUT2D eigenvalue weighted by Crippen LogP contribution is -2.61. The van der Waals surface area contributed by atoms with Crippen LogP contribution in [0.4, 0.5) is 35.0 Å². The molecule has 7 rings (SSSR count). The number of thioether (sulfide) groups is 1. The summed E-state index contributed by atoms with van der Waals surface area (Å²) in [5.41, 5.74) is 2.24. The summed E-state index contributed by atoms with van der Waals surface area (Å²) in [5.74, 6) is -1.74. The minimum absolute atomic E-state index is 0.0157. The van der Waals surface area contributed by atoms with Crippen molar-refractivity contribution in [2.24, 2.45) is 0 Å². The van der Waals surface area contributed by atoms with Crippen LogP contribution in [0.2, 0.25) is 0 Å². The van der Waals surface area contributed by atoms with Gasteiger partial charge in [0.1, 0.15) is 29.2 Å². The molecule has 4 aromatic rings. The maximum absolute atomic E-state index is 15.1. The van der Waals surface area contributed by atoms with Gasteiger partial charge in [-0.1, -0.05) is 24.3 Å². The zero-order chi connectivity index (χ0) is 49.0. The van der Waals surface area contributed by atoms with Gasteiger partial charge in [0, 0.05) is 69.2 Å². The Morgan fingerprint density at radius 3 is 2.40 bits per heavy atom. The van der Waals surface area contributed by atoms with Gasteiger partial charge in [-0.15, -0.1) is 11.3 Å². The van der Waals surface area contributed by atoms with Gasteiger partial charge in [0.2, 0.25) is 17.8 Å². The van der Waals surface area contributed by atoms with Crippen LogP contribution in [0, 0.1) is 6.92 Å². The minimum atomic E-state index is -4.64. The van der Waals surface area contributed by atoms with Crippen LogP contribution in [0.5, 0.6) is 5.75 Å². The molecule has 5 N–H and O–H groups in total. The molecule has 0 bridgehead atoms. The van der Waals surface area contributed by atoms with Gasteiger partial charge in [-0.25, -0.2) is 14.4 Å². The Morgan fingerprint density at radius 1 is 1.04 bits per heavy atom. The van der Waals surface area contributed by atoms with Crippen LogP contribution in [0.25, 0.3) is 10.4 Å². The third-order valence-electron chi connectivity index (χ3n) is 12.4. The number of carbonyl (C=O) groups is 4. The van der Waals surface area contributed by atoms with E-state index in [2.05, 4.69) is 41.1 Å². The molecule has 1 unspecified atom stereocenters. The van der Waals surface area contributed by atoms with Gasteiger partial charge in [0.25, 0.3) is 11.8 Å². The van der Waals surface area contributed by atoms with Crippen molar-refractivity contribution in [1.82, 2.24) is 40.3 Å². The summed E-state index contributed by atoms with van der Waals surface area (Å²) in [4.78, 5) is 73.2. The predicted molar refractivity (Wildman–Crippen MR) is 252 cm³/mol. The van der Waals surface area contributed by atoms with Gasteiger partial charge >= 0.3 is 6.18 Å². The lowest BCUT2D eigenvalue weighted by molar-refractivity contribution is -0.143. The van der Waals surface area contributed by atoms with Gasteiger partial charge in [-0.3, -0.25) is 24.1 Å². The fourth-order valence-electron chi connectivity index (χ4n) is 8.21. The SMILES string of the molecule is CNc1nc(Nc2ccc(C(=O)N3CCN(CCCSC(C)(C)C(NC(=O)C4(F)CC4)C(=O)N4C[C@H](O)C[C@H]4C(=O)NCc4ccc(-c5scnc5C)cc4)CC3)cc2OC)ncc1C(F)(F)F. The molecule has 2 aromatic heterocycles. The molecule has 4 heterocycles. The molecule has 4 amide bonds. The van der Waals surface area contributed by atoms with E-state index in [1.165, 1.54) is 30.8 Å². The Hall–Kier alpha value is -5.58. The summed E-state index contributed by atoms with van der Waals surface area (Å²) in [6, 6.07) is 10.3. The quantitative estimate of drug-likeness (QED) is 0.0608. The van der Waals surface area contributed by atoms with Crippen molar-refractivity contribution in [1.29, 1.82) is 0 Å².